The largest absolute Gasteiger partial charge is 0.453 e. The smallest absolute Gasteiger partial charge is 0.168 e. The number of rotatable bonds is 3. The number of hydrogen-bond donors (Lipinski definition) is 1. The van der Waals surface area contributed by atoms with Crippen molar-refractivity contribution in [2.75, 3.05) is 0 Å². The van der Waals surface area contributed by atoms with E-state index in [4.69, 9.17) is 10.5 Å². The van der Waals surface area contributed by atoms with Gasteiger partial charge in [-0.05, 0) is 28.1 Å². The van der Waals surface area contributed by atoms with Crippen LogP contribution in [0, 0.1) is 11.6 Å². The van der Waals surface area contributed by atoms with Gasteiger partial charge in [0, 0.05) is 24.9 Å². The van der Waals surface area contributed by atoms with Crippen LogP contribution >= 0.6 is 15.9 Å². The van der Waals surface area contributed by atoms with Crippen LogP contribution in [0.3, 0.4) is 0 Å². The Morgan fingerprint density at radius 2 is 2.00 bits per heavy atom. The standard InChI is InChI=1S/C12H9BrF2N2O/c13-9-6-17-8(5-16)4-12(9)18-11-2-1-7(14)3-10(11)15/h1-4,6H,5,16H2. The summed E-state index contributed by atoms with van der Waals surface area (Å²) in [4.78, 5) is 4.03. The second-order valence-corrected chi connectivity index (χ2v) is 4.34. The van der Waals surface area contributed by atoms with Gasteiger partial charge < -0.3 is 10.5 Å². The van der Waals surface area contributed by atoms with Gasteiger partial charge in [0.15, 0.2) is 11.6 Å². The number of benzene rings is 1. The van der Waals surface area contributed by atoms with Crippen LogP contribution in [-0.4, -0.2) is 4.98 Å². The third-order valence-electron chi connectivity index (χ3n) is 2.20. The van der Waals surface area contributed by atoms with E-state index in [1.807, 2.05) is 0 Å². The van der Waals surface area contributed by atoms with E-state index in [1.54, 1.807) is 6.07 Å². The molecule has 6 heteroatoms. The van der Waals surface area contributed by atoms with Crippen molar-refractivity contribution in [2.24, 2.45) is 5.73 Å². The fourth-order valence-electron chi connectivity index (χ4n) is 1.33. The third kappa shape index (κ3) is 2.83. The van der Waals surface area contributed by atoms with E-state index in [0.29, 0.717) is 15.9 Å². The molecule has 0 saturated carbocycles. The molecule has 2 N–H and O–H groups in total. The van der Waals surface area contributed by atoms with Crippen LogP contribution in [0.5, 0.6) is 11.5 Å². The van der Waals surface area contributed by atoms with E-state index in [0.717, 1.165) is 12.1 Å². The summed E-state index contributed by atoms with van der Waals surface area (Å²) in [5, 5.41) is 0. The predicted molar refractivity (Wildman–Crippen MR) is 66.3 cm³/mol. The van der Waals surface area contributed by atoms with Crippen molar-refractivity contribution in [3.63, 3.8) is 0 Å². The minimum Gasteiger partial charge on any atom is -0.453 e. The predicted octanol–water partition coefficient (Wildman–Crippen LogP) is 3.37. The number of halogens is 3. The van der Waals surface area contributed by atoms with Gasteiger partial charge in [-0.15, -0.1) is 0 Å². The van der Waals surface area contributed by atoms with Crippen LogP contribution in [0.15, 0.2) is 34.9 Å². The van der Waals surface area contributed by atoms with Gasteiger partial charge >= 0.3 is 0 Å². The summed E-state index contributed by atoms with van der Waals surface area (Å²) in [5.74, 6) is -1.12. The Balaban J connectivity index is 2.33. The molecule has 0 saturated heterocycles. The van der Waals surface area contributed by atoms with E-state index in [2.05, 4.69) is 20.9 Å². The van der Waals surface area contributed by atoms with Crippen LogP contribution in [0.1, 0.15) is 5.69 Å². The minimum atomic E-state index is -0.770. The average Bonchev–Trinajstić information content (AvgIpc) is 2.35. The summed E-state index contributed by atoms with van der Waals surface area (Å²) in [6.45, 7) is 0.246. The van der Waals surface area contributed by atoms with Crippen LogP contribution < -0.4 is 10.5 Å². The molecule has 0 fully saturated rings. The highest BCUT2D eigenvalue weighted by Crippen LogP contribution is 2.31. The minimum absolute atomic E-state index is 0.0636. The molecule has 0 unspecified atom stereocenters. The van der Waals surface area contributed by atoms with Crippen molar-refractivity contribution in [1.82, 2.24) is 4.98 Å². The molecule has 0 aliphatic rings. The highest BCUT2D eigenvalue weighted by molar-refractivity contribution is 9.10. The van der Waals surface area contributed by atoms with Crippen molar-refractivity contribution in [1.29, 1.82) is 0 Å². The number of aromatic nitrogens is 1. The fraction of sp³-hybridized carbons (Fsp3) is 0.0833. The Bertz CT molecular complexity index is 578. The van der Waals surface area contributed by atoms with Gasteiger partial charge in [0.1, 0.15) is 11.6 Å². The Morgan fingerprint density at radius 3 is 2.67 bits per heavy atom. The van der Waals surface area contributed by atoms with Crippen molar-refractivity contribution >= 4 is 15.9 Å². The summed E-state index contributed by atoms with van der Waals surface area (Å²) in [6, 6.07) is 4.69. The van der Waals surface area contributed by atoms with E-state index in [9.17, 15) is 8.78 Å². The lowest BCUT2D eigenvalue weighted by Gasteiger charge is -2.09. The van der Waals surface area contributed by atoms with Gasteiger partial charge in [0.2, 0.25) is 0 Å². The molecule has 0 atom stereocenters. The SMILES string of the molecule is NCc1cc(Oc2ccc(F)cc2F)c(Br)cn1. The van der Waals surface area contributed by atoms with Gasteiger partial charge in [-0.1, -0.05) is 0 Å². The molecule has 0 spiro atoms. The maximum Gasteiger partial charge on any atom is 0.168 e. The molecule has 1 aromatic carbocycles. The quantitative estimate of drug-likeness (QED) is 0.945. The van der Waals surface area contributed by atoms with Crippen LogP contribution in [0.4, 0.5) is 8.78 Å². The van der Waals surface area contributed by atoms with E-state index >= 15 is 0 Å². The number of nitrogens with zero attached hydrogens (tertiary/aromatic N) is 1. The van der Waals surface area contributed by atoms with E-state index in [-0.39, 0.29) is 12.3 Å². The number of pyridine rings is 1. The molecular formula is C12H9BrF2N2O. The van der Waals surface area contributed by atoms with Crippen molar-refractivity contribution < 1.29 is 13.5 Å². The second kappa shape index (κ2) is 5.41. The summed E-state index contributed by atoms with van der Waals surface area (Å²) in [6.07, 6.45) is 1.51. The first-order chi connectivity index (χ1) is 8.60. The lowest BCUT2D eigenvalue weighted by Crippen LogP contribution is -2.00. The number of hydrogen-bond acceptors (Lipinski definition) is 3. The van der Waals surface area contributed by atoms with Gasteiger partial charge in [0.05, 0.1) is 10.2 Å². The molecular weight excluding hydrogens is 306 g/mol. The van der Waals surface area contributed by atoms with Crippen molar-refractivity contribution in [2.45, 2.75) is 6.54 Å². The molecule has 0 aliphatic heterocycles. The number of nitrogens with two attached hydrogens (primary N) is 1. The maximum atomic E-state index is 13.4. The summed E-state index contributed by atoms with van der Waals surface area (Å²) >= 11 is 3.23. The van der Waals surface area contributed by atoms with Crippen molar-refractivity contribution in [3.8, 4) is 11.5 Å². The first-order valence-electron chi connectivity index (χ1n) is 5.07. The zero-order chi connectivity index (χ0) is 13.1. The van der Waals surface area contributed by atoms with Crippen LogP contribution in [0.2, 0.25) is 0 Å². The first-order valence-corrected chi connectivity index (χ1v) is 5.87. The average molecular weight is 315 g/mol. The topological polar surface area (TPSA) is 48.1 Å². The Labute approximate surface area is 111 Å². The van der Waals surface area contributed by atoms with Crippen LogP contribution in [-0.2, 0) is 6.54 Å². The molecule has 0 aliphatic carbocycles. The van der Waals surface area contributed by atoms with Crippen molar-refractivity contribution in [3.05, 3.63) is 52.3 Å². The molecule has 94 valence electrons. The monoisotopic (exact) mass is 314 g/mol. The molecule has 0 radical (unpaired) electrons. The zero-order valence-corrected chi connectivity index (χ0v) is 10.7. The molecule has 3 nitrogen and oxygen atoms in total. The van der Waals surface area contributed by atoms with Crippen LogP contribution in [0.25, 0.3) is 0 Å². The molecule has 2 rings (SSSR count). The Kier molecular flexibility index (Phi) is 3.88. The van der Waals surface area contributed by atoms with Gasteiger partial charge in [-0.3, -0.25) is 4.98 Å². The molecule has 1 aromatic heterocycles. The van der Waals surface area contributed by atoms with E-state index < -0.39 is 11.6 Å². The fourth-order valence-corrected chi connectivity index (χ4v) is 1.62. The highest BCUT2D eigenvalue weighted by Gasteiger charge is 2.09. The van der Waals surface area contributed by atoms with Gasteiger partial charge in [0.25, 0.3) is 0 Å². The highest BCUT2D eigenvalue weighted by atomic mass is 79.9. The lowest BCUT2D eigenvalue weighted by atomic mass is 10.3. The summed E-state index contributed by atoms with van der Waals surface area (Å²) < 4.78 is 32.1. The van der Waals surface area contributed by atoms with E-state index in [1.165, 1.54) is 12.3 Å². The summed E-state index contributed by atoms with van der Waals surface area (Å²) in [5.41, 5.74) is 6.06. The van der Waals surface area contributed by atoms with Gasteiger partial charge in [-0.2, -0.15) is 0 Å². The Hall–Kier alpha value is -1.53. The summed E-state index contributed by atoms with van der Waals surface area (Å²) in [7, 11) is 0. The zero-order valence-electron chi connectivity index (χ0n) is 9.16. The normalized spacial score (nSPS) is 10.4. The van der Waals surface area contributed by atoms with Gasteiger partial charge in [-0.25, -0.2) is 8.78 Å². The molecule has 18 heavy (non-hydrogen) atoms. The maximum absolute atomic E-state index is 13.4. The number of ether oxygens (including phenoxy) is 1. The second-order valence-electron chi connectivity index (χ2n) is 3.49. The lowest BCUT2D eigenvalue weighted by molar-refractivity contribution is 0.434. The Morgan fingerprint density at radius 1 is 1.22 bits per heavy atom. The molecule has 2 aromatic rings. The third-order valence-corrected chi connectivity index (χ3v) is 2.80. The molecule has 1 heterocycles. The molecule has 0 bridgehead atoms. The first kappa shape index (κ1) is 12.9. The molecule has 0 amide bonds.